The lowest BCUT2D eigenvalue weighted by molar-refractivity contribution is -0.147. The Bertz CT molecular complexity index is 542. The predicted molar refractivity (Wildman–Crippen MR) is 78.0 cm³/mol. The molecule has 0 aliphatic carbocycles. The number of amides is 3. The Morgan fingerprint density at radius 1 is 1.24 bits per heavy atom. The van der Waals surface area contributed by atoms with Gasteiger partial charge in [-0.15, -0.1) is 0 Å². The summed E-state index contributed by atoms with van der Waals surface area (Å²) in [4.78, 5) is 33.7. The van der Waals surface area contributed by atoms with Gasteiger partial charge in [-0.2, -0.15) is 0 Å². The Morgan fingerprint density at radius 2 is 1.81 bits per heavy atom. The van der Waals surface area contributed by atoms with Crippen molar-refractivity contribution in [3.63, 3.8) is 0 Å². The lowest BCUT2D eigenvalue weighted by Crippen LogP contribution is -2.42. The Morgan fingerprint density at radius 3 is 2.24 bits per heavy atom. The number of primary amides is 1. The first-order chi connectivity index (χ1) is 9.78. The lowest BCUT2D eigenvalue weighted by atomic mass is 9.88. The van der Waals surface area contributed by atoms with Crippen LogP contribution in [0.25, 0.3) is 0 Å². The van der Waals surface area contributed by atoms with E-state index in [1.807, 2.05) is 0 Å². The number of nitrogens with two attached hydrogens (primary N) is 1. The van der Waals surface area contributed by atoms with Gasteiger partial charge in [0.2, 0.25) is 5.91 Å². The number of aliphatic carboxylic acids is 1. The summed E-state index contributed by atoms with van der Waals surface area (Å²) in [6.45, 7) is 3.33. The van der Waals surface area contributed by atoms with Gasteiger partial charge < -0.3 is 21.5 Å². The number of carbonyl (C=O) groups is 3. The molecular formula is C14H19N3O4. The number of nitrogens with one attached hydrogen (secondary N) is 2. The molecule has 21 heavy (non-hydrogen) atoms. The summed E-state index contributed by atoms with van der Waals surface area (Å²) in [6.07, 6.45) is 0.399. The van der Waals surface area contributed by atoms with Crippen LogP contribution in [-0.2, 0) is 4.79 Å². The molecule has 1 unspecified atom stereocenters. The van der Waals surface area contributed by atoms with Crippen molar-refractivity contribution in [1.29, 1.82) is 0 Å². The van der Waals surface area contributed by atoms with Gasteiger partial charge in [0.05, 0.1) is 5.41 Å². The van der Waals surface area contributed by atoms with E-state index in [9.17, 15) is 14.4 Å². The van der Waals surface area contributed by atoms with Crippen molar-refractivity contribution in [2.24, 2.45) is 11.1 Å². The molecule has 0 saturated carbocycles. The van der Waals surface area contributed by atoms with Crippen LogP contribution in [0.5, 0.6) is 0 Å². The summed E-state index contributed by atoms with van der Waals surface area (Å²) in [5.74, 6) is -1.51. The van der Waals surface area contributed by atoms with E-state index in [4.69, 9.17) is 10.8 Å². The second-order valence-corrected chi connectivity index (χ2v) is 4.97. The van der Waals surface area contributed by atoms with Gasteiger partial charge in [-0.3, -0.25) is 9.59 Å². The molecule has 0 aliphatic rings. The van der Waals surface area contributed by atoms with Crippen LogP contribution in [0.4, 0.5) is 10.5 Å². The normalized spacial score (nSPS) is 13.0. The second-order valence-electron chi connectivity index (χ2n) is 4.97. The van der Waals surface area contributed by atoms with Crippen LogP contribution in [0, 0.1) is 5.41 Å². The number of carbonyl (C=O) groups excluding carboxylic acids is 2. The number of benzene rings is 1. The van der Waals surface area contributed by atoms with Crippen LogP contribution in [0.15, 0.2) is 24.3 Å². The van der Waals surface area contributed by atoms with E-state index in [2.05, 4.69) is 10.6 Å². The summed E-state index contributed by atoms with van der Waals surface area (Å²) in [6, 6.07) is 5.55. The SMILES string of the molecule is CCC(C)(CNC(=O)Nc1ccc(C(N)=O)cc1)C(=O)O. The molecule has 0 aliphatic heterocycles. The molecule has 3 amide bonds. The number of hydrogen-bond donors (Lipinski definition) is 4. The number of carboxylic acid groups (broad SMARTS) is 1. The number of rotatable bonds is 6. The lowest BCUT2D eigenvalue weighted by Gasteiger charge is -2.23. The molecule has 0 heterocycles. The summed E-state index contributed by atoms with van der Waals surface area (Å²) in [7, 11) is 0. The highest BCUT2D eigenvalue weighted by atomic mass is 16.4. The van der Waals surface area contributed by atoms with Crippen molar-refractivity contribution >= 4 is 23.6 Å². The van der Waals surface area contributed by atoms with Gasteiger partial charge in [-0.1, -0.05) is 6.92 Å². The third kappa shape index (κ3) is 4.48. The fourth-order valence-corrected chi connectivity index (χ4v) is 1.52. The van der Waals surface area contributed by atoms with Crippen molar-refractivity contribution in [2.45, 2.75) is 20.3 Å². The van der Waals surface area contributed by atoms with Gasteiger partial charge in [0.25, 0.3) is 0 Å². The summed E-state index contributed by atoms with van der Waals surface area (Å²) < 4.78 is 0. The average molecular weight is 293 g/mol. The smallest absolute Gasteiger partial charge is 0.319 e. The minimum atomic E-state index is -1.01. The molecule has 0 fully saturated rings. The van der Waals surface area contributed by atoms with Crippen LogP contribution >= 0.6 is 0 Å². The third-order valence-electron chi connectivity index (χ3n) is 3.36. The summed E-state index contributed by atoms with van der Waals surface area (Å²) >= 11 is 0. The first-order valence-electron chi connectivity index (χ1n) is 6.46. The second kappa shape index (κ2) is 6.74. The maximum atomic E-state index is 11.7. The summed E-state index contributed by atoms with van der Waals surface area (Å²) in [5, 5.41) is 14.2. The first kappa shape index (κ1) is 16.5. The van der Waals surface area contributed by atoms with Gasteiger partial charge in [-0.25, -0.2) is 4.79 Å². The van der Waals surface area contributed by atoms with Crippen LogP contribution in [0.1, 0.15) is 30.6 Å². The topological polar surface area (TPSA) is 122 Å². The Kier molecular flexibility index (Phi) is 5.29. The van der Waals surface area contributed by atoms with Crippen LogP contribution in [0.3, 0.4) is 0 Å². The zero-order valence-corrected chi connectivity index (χ0v) is 12.0. The number of anilines is 1. The van der Waals surface area contributed by atoms with E-state index >= 15 is 0 Å². The van der Waals surface area contributed by atoms with E-state index in [1.165, 1.54) is 24.3 Å². The van der Waals surface area contributed by atoms with Gasteiger partial charge in [0, 0.05) is 17.8 Å². The van der Waals surface area contributed by atoms with Crippen molar-refractivity contribution in [3.8, 4) is 0 Å². The van der Waals surface area contributed by atoms with Crippen molar-refractivity contribution in [2.75, 3.05) is 11.9 Å². The number of carboxylic acids is 1. The molecule has 0 aromatic heterocycles. The maximum Gasteiger partial charge on any atom is 0.319 e. The molecule has 1 aromatic rings. The summed E-state index contributed by atoms with van der Waals surface area (Å²) in [5.41, 5.74) is 4.92. The molecule has 7 heteroatoms. The molecule has 7 nitrogen and oxygen atoms in total. The maximum absolute atomic E-state index is 11.7. The fourth-order valence-electron chi connectivity index (χ4n) is 1.52. The van der Waals surface area contributed by atoms with Crippen molar-refractivity contribution in [3.05, 3.63) is 29.8 Å². The Labute approximate surface area is 122 Å². The largest absolute Gasteiger partial charge is 0.481 e. The number of hydrogen-bond acceptors (Lipinski definition) is 3. The van der Waals surface area contributed by atoms with Gasteiger partial charge in [0.15, 0.2) is 0 Å². The zero-order valence-electron chi connectivity index (χ0n) is 12.0. The van der Waals surface area contributed by atoms with Gasteiger partial charge in [0.1, 0.15) is 0 Å². The van der Waals surface area contributed by atoms with E-state index < -0.39 is 23.3 Å². The quantitative estimate of drug-likeness (QED) is 0.633. The Balaban J connectivity index is 2.58. The third-order valence-corrected chi connectivity index (χ3v) is 3.36. The average Bonchev–Trinajstić information content (AvgIpc) is 2.45. The predicted octanol–water partition coefficient (Wildman–Crippen LogP) is 1.41. The molecule has 1 aromatic carbocycles. The van der Waals surface area contributed by atoms with Crippen LogP contribution in [-0.4, -0.2) is 29.6 Å². The van der Waals surface area contributed by atoms with Crippen LogP contribution in [0.2, 0.25) is 0 Å². The molecule has 114 valence electrons. The zero-order chi connectivity index (χ0) is 16.0. The highest BCUT2D eigenvalue weighted by Crippen LogP contribution is 2.20. The molecule has 0 bridgehead atoms. The monoisotopic (exact) mass is 293 g/mol. The molecular weight excluding hydrogens is 274 g/mol. The van der Waals surface area contributed by atoms with E-state index in [0.717, 1.165) is 0 Å². The highest BCUT2D eigenvalue weighted by molar-refractivity contribution is 5.94. The standard InChI is InChI=1S/C14H19N3O4/c1-3-14(2,12(19)20)8-16-13(21)17-10-6-4-9(5-7-10)11(15)18/h4-7H,3,8H2,1-2H3,(H2,15,18)(H,19,20)(H2,16,17,21). The van der Waals surface area contributed by atoms with E-state index in [-0.39, 0.29) is 6.54 Å². The molecule has 0 radical (unpaired) electrons. The molecule has 1 atom stereocenters. The first-order valence-corrected chi connectivity index (χ1v) is 6.46. The van der Waals surface area contributed by atoms with Gasteiger partial charge >= 0.3 is 12.0 Å². The van der Waals surface area contributed by atoms with E-state index in [1.54, 1.807) is 13.8 Å². The highest BCUT2D eigenvalue weighted by Gasteiger charge is 2.31. The van der Waals surface area contributed by atoms with E-state index in [0.29, 0.717) is 17.7 Å². The minimum absolute atomic E-state index is 0.0179. The molecule has 0 spiro atoms. The van der Waals surface area contributed by atoms with Crippen molar-refractivity contribution in [1.82, 2.24) is 5.32 Å². The fraction of sp³-hybridized carbons (Fsp3) is 0.357. The van der Waals surface area contributed by atoms with Crippen LogP contribution < -0.4 is 16.4 Å². The number of urea groups is 1. The molecule has 0 saturated heterocycles. The molecule has 5 N–H and O–H groups in total. The van der Waals surface area contributed by atoms with Crippen molar-refractivity contribution < 1.29 is 19.5 Å². The minimum Gasteiger partial charge on any atom is -0.481 e. The van der Waals surface area contributed by atoms with Gasteiger partial charge in [-0.05, 0) is 37.6 Å². The Hall–Kier alpha value is -2.57. The molecule has 1 rings (SSSR count).